The predicted octanol–water partition coefficient (Wildman–Crippen LogP) is 4.78. The van der Waals surface area contributed by atoms with Crippen LogP contribution < -0.4 is 24.7 Å². The molecule has 1 N–H and O–H groups in total. The zero-order chi connectivity index (χ0) is 26.9. The summed E-state index contributed by atoms with van der Waals surface area (Å²) >= 11 is 5.98. The maximum Gasteiger partial charge on any atom is 0.250 e. The van der Waals surface area contributed by atoms with Crippen LogP contribution in [0.1, 0.15) is 37.3 Å². The molecule has 0 amide bonds. The SMILES string of the molecule is CCOc1cc(/C=N\Nc2nc(N3CCCCC3)nc(N3CCOCC3)n2)ccc1OCc1ccc(Cl)cc1. The molecule has 2 aromatic carbocycles. The van der Waals surface area contributed by atoms with Crippen molar-refractivity contribution >= 4 is 35.7 Å². The van der Waals surface area contributed by atoms with Gasteiger partial charge in [0, 0.05) is 31.2 Å². The number of halogens is 1. The summed E-state index contributed by atoms with van der Waals surface area (Å²) in [7, 11) is 0. The largest absolute Gasteiger partial charge is 0.490 e. The molecule has 0 saturated carbocycles. The zero-order valence-corrected chi connectivity index (χ0v) is 22.9. The molecule has 206 valence electrons. The highest BCUT2D eigenvalue weighted by Crippen LogP contribution is 2.29. The lowest BCUT2D eigenvalue weighted by Crippen LogP contribution is -2.38. The summed E-state index contributed by atoms with van der Waals surface area (Å²) in [5.74, 6) is 3.06. The fourth-order valence-corrected chi connectivity index (χ4v) is 4.57. The summed E-state index contributed by atoms with van der Waals surface area (Å²) in [5, 5.41) is 5.12. The Bertz CT molecular complexity index is 1210. The van der Waals surface area contributed by atoms with Crippen LogP contribution >= 0.6 is 11.6 Å². The second kappa shape index (κ2) is 13.4. The molecule has 10 nitrogen and oxygen atoms in total. The first-order chi connectivity index (χ1) is 19.2. The van der Waals surface area contributed by atoms with E-state index in [9.17, 15) is 0 Å². The molecule has 2 aliphatic heterocycles. The van der Waals surface area contributed by atoms with E-state index in [1.807, 2.05) is 49.4 Å². The topological polar surface area (TPSA) is 97.2 Å². The molecule has 39 heavy (non-hydrogen) atoms. The van der Waals surface area contributed by atoms with Gasteiger partial charge in [0.1, 0.15) is 6.61 Å². The first kappa shape index (κ1) is 27.0. The van der Waals surface area contributed by atoms with E-state index in [0.29, 0.717) is 60.8 Å². The number of morpholine rings is 1. The van der Waals surface area contributed by atoms with Gasteiger partial charge in [0.15, 0.2) is 11.5 Å². The maximum atomic E-state index is 6.01. The Labute approximate surface area is 234 Å². The van der Waals surface area contributed by atoms with Crippen molar-refractivity contribution in [3.05, 3.63) is 58.6 Å². The quantitative estimate of drug-likeness (QED) is 0.282. The fraction of sp³-hybridized carbons (Fsp3) is 0.429. The number of hydrazone groups is 1. The van der Waals surface area contributed by atoms with E-state index in [4.69, 9.17) is 30.8 Å². The van der Waals surface area contributed by atoms with Crippen molar-refractivity contribution in [3.63, 3.8) is 0 Å². The number of hydrogen-bond acceptors (Lipinski definition) is 10. The molecule has 11 heteroatoms. The molecule has 0 spiro atoms. The van der Waals surface area contributed by atoms with Crippen molar-refractivity contribution in [1.82, 2.24) is 15.0 Å². The molecule has 2 saturated heterocycles. The van der Waals surface area contributed by atoms with Crippen LogP contribution in [0, 0.1) is 0 Å². The average molecular weight is 552 g/mol. The van der Waals surface area contributed by atoms with Gasteiger partial charge in [-0.05, 0) is 67.6 Å². The number of hydrogen-bond donors (Lipinski definition) is 1. The Morgan fingerprint density at radius 1 is 0.897 bits per heavy atom. The number of ether oxygens (including phenoxy) is 3. The molecule has 3 heterocycles. The first-order valence-electron chi connectivity index (χ1n) is 13.4. The highest BCUT2D eigenvalue weighted by atomic mass is 35.5. The van der Waals surface area contributed by atoms with Crippen molar-refractivity contribution in [2.45, 2.75) is 32.8 Å². The van der Waals surface area contributed by atoms with E-state index in [0.717, 1.165) is 50.1 Å². The van der Waals surface area contributed by atoms with Crippen LogP contribution in [0.15, 0.2) is 47.6 Å². The molecule has 2 fully saturated rings. The Balaban J connectivity index is 1.29. The van der Waals surface area contributed by atoms with Crippen LogP contribution in [0.3, 0.4) is 0 Å². The van der Waals surface area contributed by atoms with E-state index >= 15 is 0 Å². The molecule has 0 radical (unpaired) electrons. The van der Waals surface area contributed by atoms with Gasteiger partial charge in [-0.15, -0.1) is 0 Å². The third-order valence-corrected chi connectivity index (χ3v) is 6.75. The summed E-state index contributed by atoms with van der Waals surface area (Å²) in [5.41, 5.74) is 4.88. The Morgan fingerprint density at radius 2 is 1.62 bits per heavy atom. The van der Waals surface area contributed by atoms with Gasteiger partial charge in [0.2, 0.25) is 17.8 Å². The second-order valence-electron chi connectivity index (χ2n) is 9.33. The monoisotopic (exact) mass is 551 g/mol. The third kappa shape index (κ3) is 7.48. The number of nitrogens with zero attached hydrogens (tertiary/aromatic N) is 6. The van der Waals surface area contributed by atoms with Gasteiger partial charge in [-0.2, -0.15) is 20.1 Å². The minimum absolute atomic E-state index is 0.413. The minimum atomic E-state index is 0.413. The van der Waals surface area contributed by atoms with Crippen LogP contribution in [-0.2, 0) is 11.3 Å². The lowest BCUT2D eigenvalue weighted by Gasteiger charge is -2.30. The van der Waals surface area contributed by atoms with Crippen molar-refractivity contribution in [2.24, 2.45) is 5.10 Å². The maximum absolute atomic E-state index is 6.01. The Morgan fingerprint density at radius 3 is 2.33 bits per heavy atom. The van der Waals surface area contributed by atoms with Crippen molar-refractivity contribution in [2.75, 3.05) is 61.2 Å². The fourth-order valence-electron chi connectivity index (χ4n) is 4.44. The average Bonchev–Trinajstić information content (AvgIpc) is 2.98. The number of piperidine rings is 1. The zero-order valence-electron chi connectivity index (χ0n) is 22.2. The van der Waals surface area contributed by atoms with Gasteiger partial charge < -0.3 is 24.0 Å². The summed E-state index contributed by atoms with van der Waals surface area (Å²) in [4.78, 5) is 18.4. The minimum Gasteiger partial charge on any atom is -0.490 e. The lowest BCUT2D eigenvalue weighted by molar-refractivity contribution is 0.122. The van der Waals surface area contributed by atoms with Gasteiger partial charge >= 0.3 is 0 Å². The first-order valence-corrected chi connectivity index (χ1v) is 13.8. The number of aromatic nitrogens is 3. The summed E-state index contributed by atoms with van der Waals surface area (Å²) < 4.78 is 17.3. The van der Waals surface area contributed by atoms with Gasteiger partial charge in [-0.25, -0.2) is 5.43 Å². The van der Waals surface area contributed by atoms with Crippen LogP contribution in [0.4, 0.5) is 17.8 Å². The van der Waals surface area contributed by atoms with E-state index in [2.05, 4.69) is 30.3 Å². The molecule has 0 aliphatic carbocycles. The number of rotatable bonds is 10. The summed E-state index contributed by atoms with van der Waals surface area (Å²) in [6.07, 6.45) is 5.23. The highest BCUT2D eigenvalue weighted by molar-refractivity contribution is 6.30. The standard InChI is InChI=1S/C28H34ClN7O3/c1-2-38-25-18-22(8-11-24(25)39-20-21-6-9-23(29)10-7-21)19-30-34-26-31-27(35-12-4-3-5-13-35)33-28(32-26)36-14-16-37-17-15-36/h6-11,18-19H,2-5,12-17,20H2,1H3,(H,31,32,33,34)/b30-19-. The van der Waals surface area contributed by atoms with Gasteiger partial charge in [0.25, 0.3) is 0 Å². The van der Waals surface area contributed by atoms with E-state index in [-0.39, 0.29) is 0 Å². The molecule has 2 aliphatic rings. The third-order valence-electron chi connectivity index (χ3n) is 6.50. The highest BCUT2D eigenvalue weighted by Gasteiger charge is 2.20. The molecule has 0 bridgehead atoms. The molecule has 0 unspecified atom stereocenters. The number of anilines is 3. The van der Waals surface area contributed by atoms with Crippen molar-refractivity contribution < 1.29 is 14.2 Å². The Hall–Kier alpha value is -3.63. The van der Waals surface area contributed by atoms with E-state index < -0.39 is 0 Å². The second-order valence-corrected chi connectivity index (χ2v) is 9.77. The molecular formula is C28H34ClN7O3. The van der Waals surface area contributed by atoms with E-state index in [1.54, 1.807) is 6.21 Å². The molecule has 1 aromatic heterocycles. The van der Waals surface area contributed by atoms with Crippen LogP contribution in [0.5, 0.6) is 11.5 Å². The van der Waals surface area contributed by atoms with Gasteiger partial charge in [-0.3, -0.25) is 0 Å². The van der Waals surface area contributed by atoms with Crippen LogP contribution in [0.2, 0.25) is 5.02 Å². The van der Waals surface area contributed by atoms with Gasteiger partial charge in [0.05, 0.1) is 26.0 Å². The number of nitrogens with one attached hydrogen (secondary N) is 1. The van der Waals surface area contributed by atoms with Gasteiger partial charge in [-0.1, -0.05) is 23.7 Å². The normalized spacial score (nSPS) is 15.9. The summed E-state index contributed by atoms with van der Waals surface area (Å²) in [6.45, 7) is 7.58. The van der Waals surface area contributed by atoms with Crippen LogP contribution in [0.25, 0.3) is 0 Å². The van der Waals surface area contributed by atoms with Crippen molar-refractivity contribution in [1.29, 1.82) is 0 Å². The smallest absolute Gasteiger partial charge is 0.250 e. The van der Waals surface area contributed by atoms with E-state index in [1.165, 1.54) is 6.42 Å². The number of benzene rings is 2. The lowest BCUT2D eigenvalue weighted by atomic mass is 10.1. The molecule has 3 aromatic rings. The molecule has 5 rings (SSSR count). The Kier molecular flexibility index (Phi) is 9.29. The molecular weight excluding hydrogens is 518 g/mol. The summed E-state index contributed by atoms with van der Waals surface area (Å²) in [6, 6.07) is 13.3. The predicted molar refractivity (Wildman–Crippen MR) is 154 cm³/mol. The van der Waals surface area contributed by atoms with Crippen LogP contribution in [-0.4, -0.2) is 67.2 Å². The van der Waals surface area contributed by atoms with Crippen molar-refractivity contribution in [3.8, 4) is 11.5 Å². The molecule has 0 atom stereocenters.